The summed E-state index contributed by atoms with van der Waals surface area (Å²) in [5.74, 6) is 0.0460. The predicted octanol–water partition coefficient (Wildman–Crippen LogP) is 1.92. The highest BCUT2D eigenvalue weighted by Crippen LogP contribution is 2.14. The Labute approximate surface area is 194 Å². The highest BCUT2D eigenvalue weighted by molar-refractivity contribution is 5.92. The van der Waals surface area contributed by atoms with Crippen molar-refractivity contribution in [1.29, 1.82) is 0 Å². The lowest BCUT2D eigenvalue weighted by atomic mass is 10.2. The van der Waals surface area contributed by atoms with Crippen LogP contribution in [0, 0.1) is 0 Å². The van der Waals surface area contributed by atoms with Gasteiger partial charge in [0.1, 0.15) is 5.65 Å². The topological polar surface area (TPSA) is 65.4 Å². The third kappa shape index (κ3) is 5.97. The van der Waals surface area contributed by atoms with Gasteiger partial charge in [-0.2, -0.15) is 0 Å². The quantitative estimate of drug-likeness (QED) is 0.596. The number of hydrogen-bond acceptors (Lipinski definition) is 6. The van der Waals surface area contributed by atoms with Gasteiger partial charge in [-0.15, -0.1) is 0 Å². The van der Waals surface area contributed by atoms with Gasteiger partial charge in [0.25, 0.3) is 0 Å². The fourth-order valence-electron chi connectivity index (χ4n) is 4.51. The van der Waals surface area contributed by atoms with Gasteiger partial charge in [0.05, 0.1) is 25.5 Å². The normalized spacial score (nSPS) is 18.5. The van der Waals surface area contributed by atoms with Crippen molar-refractivity contribution in [2.75, 3.05) is 64.3 Å². The first kappa shape index (κ1) is 22.0. The minimum Gasteiger partial charge on any atom is -0.379 e. The number of imidazole rings is 1. The summed E-state index contributed by atoms with van der Waals surface area (Å²) < 4.78 is 7.47. The maximum atomic E-state index is 12.6. The lowest BCUT2D eigenvalue weighted by molar-refractivity contribution is -0.117. The molecule has 2 aliphatic heterocycles. The number of amides is 1. The molecule has 2 saturated heterocycles. The van der Waals surface area contributed by atoms with Crippen molar-refractivity contribution in [1.82, 2.24) is 24.1 Å². The van der Waals surface area contributed by atoms with Gasteiger partial charge in [-0.1, -0.05) is 18.2 Å². The number of pyridine rings is 1. The Bertz CT molecular complexity index is 1020. The Balaban J connectivity index is 1.04. The largest absolute Gasteiger partial charge is 0.379 e. The zero-order valence-corrected chi connectivity index (χ0v) is 19.0. The summed E-state index contributed by atoms with van der Waals surface area (Å²) in [6, 6.07) is 14.3. The predicted molar refractivity (Wildman–Crippen MR) is 128 cm³/mol. The molecule has 5 rings (SSSR count). The molecule has 2 fully saturated rings. The molecule has 33 heavy (non-hydrogen) atoms. The van der Waals surface area contributed by atoms with Crippen LogP contribution in [0.2, 0.25) is 0 Å². The van der Waals surface area contributed by atoms with Gasteiger partial charge in [0.15, 0.2) is 0 Å². The molecule has 0 spiro atoms. The third-order valence-electron chi connectivity index (χ3n) is 6.38. The molecule has 2 aliphatic rings. The molecule has 8 heteroatoms. The summed E-state index contributed by atoms with van der Waals surface area (Å²) in [6.45, 7) is 9.43. The average Bonchev–Trinajstić information content (AvgIpc) is 3.25. The SMILES string of the molecule is O=C(CN1CCN(Cc2cn3ccccc3n2)CC1)Nc1ccc(CN2CCOCC2)cc1. The number of nitrogens with zero attached hydrogens (tertiary/aromatic N) is 5. The Morgan fingerprint density at radius 2 is 1.61 bits per heavy atom. The minimum atomic E-state index is 0.0460. The highest BCUT2D eigenvalue weighted by Gasteiger charge is 2.20. The molecule has 1 amide bonds. The second kappa shape index (κ2) is 10.4. The number of morpholine rings is 1. The van der Waals surface area contributed by atoms with Crippen LogP contribution in [0.25, 0.3) is 5.65 Å². The van der Waals surface area contributed by atoms with Gasteiger partial charge in [-0.25, -0.2) is 4.98 Å². The molecule has 4 heterocycles. The molecule has 174 valence electrons. The molecule has 8 nitrogen and oxygen atoms in total. The van der Waals surface area contributed by atoms with E-state index < -0.39 is 0 Å². The second-order valence-corrected chi connectivity index (χ2v) is 8.88. The van der Waals surface area contributed by atoms with Crippen molar-refractivity contribution in [3.8, 4) is 0 Å². The molecule has 3 aromatic rings. The van der Waals surface area contributed by atoms with Crippen LogP contribution >= 0.6 is 0 Å². The minimum absolute atomic E-state index is 0.0460. The molecule has 0 aliphatic carbocycles. The molecule has 0 saturated carbocycles. The van der Waals surface area contributed by atoms with Gasteiger partial charge < -0.3 is 14.5 Å². The molecular weight excluding hydrogens is 416 g/mol. The Hall–Kier alpha value is -2.78. The molecule has 1 N–H and O–H groups in total. The van der Waals surface area contributed by atoms with Crippen molar-refractivity contribution < 1.29 is 9.53 Å². The fraction of sp³-hybridized carbons (Fsp3) is 0.440. The van der Waals surface area contributed by atoms with E-state index in [2.05, 4.69) is 42.7 Å². The average molecular weight is 449 g/mol. The van der Waals surface area contributed by atoms with E-state index in [9.17, 15) is 4.79 Å². The number of rotatable bonds is 7. The van der Waals surface area contributed by atoms with Gasteiger partial charge in [0, 0.05) is 70.4 Å². The van der Waals surface area contributed by atoms with Crippen LogP contribution in [0.5, 0.6) is 0 Å². The smallest absolute Gasteiger partial charge is 0.238 e. The number of carbonyl (C=O) groups is 1. The van der Waals surface area contributed by atoms with Crippen LogP contribution in [-0.2, 0) is 22.6 Å². The molecule has 0 radical (unpaired) electrons. The lowest BCUT2D eigenvalue weighted by Crippen LogP contribution is -2.48. The molecule has 0 bridgehead atoms. The Morgan fingerprint density at radius 3 is 2.36 bits per heavy atom. The van der Waals surface area contributed by atoms with E-state index >= 15 is 0 Å². The van der Waals surface area contributed by atoms with Gasteiger partial charge in [-0.3, -0.25) is 19.5 Å². The standard InChI is InChI=1S/C25H32N6O2/c32-25(27-22-6-4-21(5-7-22)17-30-13-15-33-16-14-30)20-29-11-9-28(10-12-29)18-23-19-31-8-2-1-3-24(31)26-23/h1-8,19H,9-18,20H2,(H,27,32). The van der Waals surface area contributed by atoms with Crippen molar-refractivity contribution in [2.45, 2.75) is 13.1 Å². The van der Waals surface area contributed by atoms with Crippen LogP contribution in [0.15, 0.2) is 54.9 Å². The zero-order chi connectivity index (χ0) is 22.5. The molecular formula is C25H32N6O2. The number of ether oxygens (including phenoxy) is 1. The number of nitrogens with one attached hydrogen (secondary N) is 1. The maximum absolute atomic E-state index is 12.6. The lowest BCUT2D eigenvalue weighted by Gasteiger charge is -2.33. The number of aromatic nitrogens is 2. The first-order valence-electron chi connectivity index (χ1n) is 11.8. The van der Waals surface area contributed by atoms with Crippen LogP contribution in [-0.4, -0.2) is 89.0 Å². The first-order chi connectivity index (χ1) is 16.2. The van der Waals surface area contributed by atoms with E-state index in [1.54, 1.807) is 0 Å². The molecule has 0 atom stereocenters. The summed E-state index contributed by atoms with van der Waals surface area (Å²) >= 11 is 0. The van der Waals surface area contributed by atoms with Crippen molar-refractivity contribution in [2.24, 2.45) is 0 Å². The van der Waals surface area contributed by atoms with Gasteiger partial charge in [0.2, 0.25) is 5.91 Å². The van der Waals surface area contributed by atoms with Gasteiger partial charge >= 0.3 is 0 Å². The van der Waals surface area contributed by atoms with Crippen molar-refractivity contribution in [3.63, 3.8) is 0 Å². The second-order valence-electron chi connectivity index (χ2n) is 8.88. The van der Waals surface area contributed by atoms with E-state index in [1.165, 1.54) is 5.56 Å². The van der Waals surface area contributed by atoms with Gasteiger partial charge in [-0.05, 0) is 29.8 Å². The maximum Gasteiger partial charge on any atom is 0.238 e. The molecule has 2 aromatic heterocycles. The number of hydrogen-bond donors (Lipinski definition) is 1. The molecule has 1 aromatic carbocycles. The monoisotopic (exact) mass is 448 g/mol. The first-order valence-corrected chi connectivity index (χ1v) is 11.8. The van der Waals surface area contributed by atoms with E-state index in [4.69, 9.17) is 9.72 Å². The summed E-state index contributed by atoms with van der Waals surface area (Å²) in [5, 5.41) is 3.05. The van der Waals surface area contributed by atoms with E-state index in [0.717, 1.165) is 82.6 Å². The Kier molecular flexibility index (Phi) is 6.97. The fourth-order valence-corrected chi connectivity index (χ4v) is 4.51. The van der Waals surface area contributed by atoms with E-state index in [0.29, 0.717) is 6.54 Å². The number of carbonyl (C=O) groups excluding carboxylic acids is 1. The summed E-state index contributed by atoms with van der Waals surface area (Å²) in [6.07, 6.45) is 4.13. The number of fused-ring (bicyclic) bond motifs is 1. The third-order valence-corrected chi connectivity index (χ3v) is 6.38. The van der Waals surface area contributed by atoms with Crippen LogP contribution < -0.4 is 5.32 Å². The summed E-state index contributed by atoms with van der Waals surface area (Å²) in [4.78, 5) is 24.3. The summed E-state index contributed by atoms with van der Waals surface area (Å²) in [7, 11) is 0. The van der Waals surface area contributed by atoms with Crippen LogP contribution in [0.4, 0.5) is 5.69 Å². The number of anilines is 1. The van der Waals surface area contributed by atoms with Crippen LogP contribution in [0.3, 0.4) is 0 Å². The zero-order valence-electron chi connectivity index (χ0n) is 19.0. The van der Waals surface area contributed by atoms with Crippen molar-refractivity contribution >= 4 is 17.2 Å². The van der Waals surface area contributed by atoms with Crippen LogP contribution in [0.1, 0.15) is 11.3 Å². The molecule has 0 unspecified atom stereocenters. The Morgan fingerprint density at radius 1 is 0.879 bits per heavy atom. The van der Waals surface area contributed by atoms with E-state index in [-0.39, 0.29) is 5.91 Å². The number of piperazine rings is 1. The highest BCUT2D eigenvalue weighted by atomic mass is 16.5. The summed E-state index contributed by atoms with van der Waals surface area (Å²) in [5.41, 5.74) is 4.19. The number of benzene rings is 1. The van der Waals surface area contributed by atoms with E-state index in [1.807, 2.05) is 36.5 Å². The van der Waals surface area contributed by atoms with Crippen molar-refractivity contribution in [3.05, 3.63) is 66.1 Å².